The van der Waals surface area contributed by atoms with Crippen LogP contribution in [0, 0.1) is 32.1 Å². The topological polar surface area (TPSA) is 66.7 Å². The summed E-state index contributed by atoms with van der Waals surface area (Å²) < 4.78 is 0. The normalized spacial score (nSPS) is 16.6. The number of aromatic nitrogens is 1. The number of nitriles is 1. The second-order valence-electron chi connectivity index (χ2n) is 10.8. The molecular formula is C32H38N6O. The Morgan fingerprint density at radius 3 is 2.38 bits per heavy atom. The Labute approximate surface area is 232 Å². The molecule has 7 heteroatoms. The van der Waals surface area contributed by atoms with Crippen molar-refractivity contribution in [1.82, 2.24) is 14.8 Å². The van der Waals surface area contributed by atoms with Gasteiger partial charge in [-0.25, -0.2) is 4.98 Å². The van der Waals surface area contributed by atoms with Gasteiger partial charge in [-0.15, -0.1) is 0 Å². The molecule has 0 unspecified atom stereocenters. The van der Waals surface area contributed by atoms with Crippen LogP contribution in [0.5, 0.6) is 0 Å². The van der Waals surface area contributed by atoms with Gasteiger partial charge in [-0.1, -0.05) is 24.3 Å². The number of piperazine rings is 1. The van der Waals surface area contributed by atoms with Gasteiger partial charge in [-0.3, -0.25) is 9.69 Å². The molecule has 1 amide bonds. The summed E-state index contributed by atoms with van der Waals surface area (Å²) in [5, 5.41) is 9.48. The van der Waals surface area contributed by atoms with Crippen LogP contribution < -0.4 is 9.80 Å². The molecule has 202 valence electrons. The third-order valence-electron chi connectivity index (χ3n) is 8.03. The van der Waals surface area contributed by atoms with Crippen LogP contribution in [0.3, 0.4) is 0 Å². The summed E-state index contributed by atoms with van der Waals surface area (Å²) in [6.45, 7) is 13.8. The lowest BCUT2D eigenvalue weighted by Crippen LogP contribution is -2.46. The summed E-state index contributed by atoms with van der Waals surface area (Å²) in [5.41, 5.74) is 7.08. The van der Waals surface area contributed by atoms with Crippen molar-refractivity contribution < 1.29 is 4.79 Å². The van der Waals surface area contributed by atoms with Gasteiger partial charge in [-0.05, 0) is 74.2 Å². The van der Waals surface area contributed by atoms with Gasteiger partial charge >= 0.3 is 0 Å². The molecule has 5 rings (SSSR count). The Bertz CT molecular complexity index is 1370. The Hall–Kier alpha value is -3.89. The molecule has 3 aromatic rings. The van der Waals surface area contributed by atoms with Crippen LogP contribution in [0.25, 0.3) is 0 Å². The highest BCUT2D eigenvalue weighted by molar-refractivity contribution is 5.96. The molecule has 0 radical (unpaired) electrons. The molecule has 2 aliphatic heterocycles. The first-order valence-corrected chi connectivity index (χ1v) is 14.0. The van der Waals surface area contributed by atoms with Crippen molar-refractivity contribution in [3.63, 3.8) is 0 Å². The highest BCUT2D eigenvalue weighted by Gasteiger charge is 2.24. The van der Waals surface area contributed by atoms with Gasteiger partial charge in [0.1, 0.15) is 11.9 Å². The van der Waals surface area contributed by atoms with E-state index in [1.165, 1.54) is 11.1 Å². The molecule has 7 nitrogen and oxygen atoms in total. The van der Waals surface area contributed by atoms with Crippen molar-refractivity contribution in [3.05, 3.63) is 88.1 Å². The molecule has 0 saturated carbocycles. The molecule has 2 fully saturated rings. The van der Waals surface area contributed by atoms with Crippen molar-refractivity contribution in [3.8, 4) is 6.07 Å². The van der Waals surface area contributed by atoms with Crippen LogP contribution >= 0.6 is 0 Å². The first-order chi connectivity index (χ1) is 18.9. The molecule has 0 spiro atoms. The Kier molecular flexibility index (Phi) is 8.13. The zero-order valence-corrected chi connectivity index (χ0v) is 23.4. The number of carbonyl (C=O) groups is 1. The fraction of sp³-hybridized carbons (Fsp3) is 0.406. The van der Waals surface area contributed by atoms with Crippen LogP contribution in [0.4, 0.5) is 11.5 Å². The molecule has 2 aromatic carbocycles. The first-order valence-electron chi connectivity index (χ1n) is 14.0. The van der Waals surface area contributed by atoms with E-state index >= 15 is 0 Å². The first kappa shape index (κ1) is 26.7. The minimum Gasteiger partial charge on any atom is -0.368 e. The predicted octanol–water partition coefficient (Wildman–Crippen LogP) is 4.55. The van der Waals surface area contributed by atoms with E-state index in [1.807, 2.05) is 48.2 Å². The maximum atomic E-state index is 13.7. The summed E-state index contributed by atoms with van der Waals surface area (Å²) in [4.78, 5) is 27.5. The highest BCUT2D eigenvalue weighted by atomic mass is 16.2. The maximum absolute atomic E-state index is 13.7. The number of amides is 1. The Balaban J connectivity index is 1.24. The molecule has 0 N–H and O–H groups in total. The number of aryl methyl sites for hydroxylation is 3. The third kappa shape index (κ3) is 6.07. The molecule has 0 aliphatic carbocycles. The van der Waals surface area contributed by atoms with Crippen molar-refractivity contribution in [2.45, 2.75) is 33.7 Å². The summed E-state index contributed by atoms with van der Waals surface area (Å²) in [6, 6.07) is 20.6. The predicted molar refractivity (Wildman–Crippen MR) is 156 cm³/mol. The van der Waals surface area contributed by atoms with Gasteiger partial charge in [0.15, 0.2) is 0 Å². The maximum Gasteiger partial charge on any atom is 0.254 e. The smallest absolute Gasteiger partial charge is 0.254 e. The molecule has 3 heterocycles. The molecular weight excluding hydrogens is 484 g/mol. The number of hydrogen-bond acceptors (Lipinski definition) is 6. The van der Waals surface area contributed by atoms with E-state index in [0.717, 1.165) is 92.7 Å². The number of pyridine rings is 1. The number of nitrogens with zero attached hydrogens (tertiary/aromatic N) is 6. The van der Waals surface area contributed by atoms with E-state index in [2.05, 4.69) is 57.8 Å². The van der Waals surface area contributed by atoms with Crippen molar-refractivity contribution >= 4 is 17.4 Å². The minimum atomic E-state index is 0.130. The highest BCUT2D eigenvalue weighted by Crippen LogP contribution is 2.24. The third-order valence-corrected chi connectivity index (χ3v) is 8.03. The van der Waals surface area contributed by atoms with Gasteiger partial charge in [0.05, 0.1) is 11.3 Å². The van der Waals surface area contributed by atoms with E-state index in [1.54, 1.807) is 0 Å². The quantitative estimate of drug-likeness (QED) is 0.490. The van der Waals surface area contributed by atoms with Crippen LogP contribution in [-0.4, -0.2) is 73.0 Å². The van der Waals surface area contributed by atoms with Crippen molar-refractivity contribution in [2.75, 3.05) is 62.2 Å². The summed E-state index contributed by atoms with van der Waals surface area (Å²) >= 11 is 0. The Morgan fingerprint density at radius 2 is 1.62 bits per heavy atom. The van der Waals surface area contributed by atoms with E-state index < -0.39 is 0 Å². The number of carbonyl (C=O) groups excluding carboxylic acids is 1. The monoisotopic (exact) mass is 522 g/mol. The van der Waals surface area contributed by atoms with E-state index in [4.69, 9.17) is 0 Å². The van der Waals surface area contributed by atoms with Crippen LogP contribution in [0.1, 0.15) is 44.7 Å². The van der Waals surface area contributed by atoms with Crippen LogP contribution in [0.2, 0.25) is 0 Å². The van der Waals surface area contributed by atoms with Crippen LogP contribution in [0.15, 0.2) is 54.6 Å². The number of rotatable bonds is 5. The second-order valence-corrected chi connectivity index (χ2v) is 10.8. The van der Waals surface area contributed by atoms with Crippen molar-refractivity contribution in [2.24, 2.45) is 0 Å². The molecule has 0 bridgehead atoms. The molecule has 39 heavy (non-hydrogen) atoms. The number of anilines is 2. The van der Waals surface area contributed by atoms with E-state index in [-0.39, 0.29) is 5.91 Å². The van der Waals surface area contributed by atoms with Gasteiger partial charge in [0.25, 0.3) is 5.91 Å². The summed E-state index contributed by atoms with van der Waals surface area (Å²) in [5.74, 6) is 1.13. The largest absolute Gasteiger partial charge is 0.368 e. The number of para-hydroxylation sites is 1. The average molecular weight is 523 g/mol. The number of hydrogen-bond donors (Lipinski definition) is 0. The lowest BCUT2D eigenvalue weighted by atomic mass is 9.98. The summed E-state index contributed by atoms with van der Waals surface area (Å²) in [7, 11) is 0. The lowest BCUT2D eigenvalue weighted by molar-refractivity contribution is 0.0766. The van der Waals surface area contributed by atoms with Gasteiger partial charge in [-0.2, -0.15) is 5.26 Å². The zero-order valence-electron chi connectivity index (χ0n) is 23.4. The second kappa shape index (κ2) is 11.9. The minimum absolute atomic E-state index is 0.130. The fourth-order valence-electron chi connectivity index (χ4n) is 5.75. The van der Waals surface area contributed by atoms with Gasteiger partial charge < -0.3 is 14.7 Å². The summed E-state index contributed by atoms with van der Waals surface area (Å²) in [6.07, 6.45) is 0.929. The lowest BCUT2D eigenvalue weighted by Gasteiger charge is -2.36. The van der Waals surface area contributed by atoms with E-state index in [9.17, 15) is 10.1 Å². The van der Waals surface area contributed by atoms with Crippen molar-refractivity contribution in [1.29, 1.82) is 5.26 Å². The number of benzene rings is 2. The van der Waals surface area contributed by atoms with E-state index in [0.29, 0.717) is 6.54 Å². The molecule has 1 aromatic heterocycles. The molecule has 0 atom stereocenters. The average Bonchev–Trinajstić information content (AvgIpc) is 3.21. The van der Waals surface area contributed by atoms with Gasteiger partial charge in [0.2, 0.25) is 0 Å². The Morgan fingerprint density at radius 1 is 0.846 bits per heavy atom. The standard InChI is InChI=1S/C32H38N6O/c1-24-20-25(2)29(32(39)38-13-7-12-37(18-19-38)31-11-6-8-26(3)34-31)21-28(24)23-35-14-16-36(17-15-35)30-10-5-4-9-27(30)22-33/h4-6,8-11,20-21H,7,12-19,23H2,1-3H3. The molecule has 2 saturated heterocycles. The van der Waals surface area contributed by atoms with Crippen LogP contribution in [-0.2, 0) is 6.54 Å². The SMILES string of the molecule is Cc1cccc(N2CCCN(C(=O)c3cc(CN4CCN(c5ccccc5C#N)CC4)c(C)cc3C)CC2)n1. The molecule has 2 aliphatic rings. The van der Waals surface area contributed by atoms with Gasteiger partial charge in [0, 0.05) is 70.2 Å². The fourth-order valence-corrected chi connectivity index (χ4v) is 5.75. The zero-order chi connectivity index (χ0) is 27.4.